The van der Waals surface area contributed by atoms with Crippen LogP contribution in [0.4, 0.5) is 0 Å². The molecule has 4 nitrogen and oxygen atoms in total. The van der Waals surface area contributed by atoms with E-state index in [-0.39, 0.29) is 5.56 Å². The zero-order chi connectivity index (χ0) is 11.5. The quantitative estimate of drug-likeness (QED) is 0.797. The number of rotatable bonds is 3. The fourth-order valence-electron chi connectivity index (χ4n) is 1.49. The molecule has 0 aliphatic carbocycles. The van der Waals surface area contributed by atoms with Crippen molar-refractivity contribution in [2.75, 3.05) is 0 Å². The van der Waals surface area contributed by atoms with Gasteiger partial charge in [0.2, 0.25) is 0 Å². The van der Waals surface area contributed by atoms with E-state index < -0.39 is 5.97 Å². The van der Waals surface area contributed by atoms with E-state index in [4.69, 9.17) is 9.84 Å². The largest absolute Gasteiger partial charge is 0.478 e. The van der Waals surface area contributed by atoms with Crippen LogP contribution in [-0.4, -0.2) is 17.5 Å². The average molecular weight is 216 g/mol. The highest BCUT2D eigenvalue weighted by atomic mass is 16.5. The van der Waals surface area contributed by atoms with E-state index >= 15 is 0 Å². The summed E-state index contributed by atoms with van der Waals surface area (Å²) in [4.78, 5) is 20.9. The lowest BCUT2D eigenvalue weighted by molar-refractivity contribution is -0.120. The van der Waals surface area contributed by atoms with Gasteiger partial charge in [0.05, 0.1) is 5.56 Å². The summed E-state index contributed by atoms with van der Waals surface area (Å²) in [5, 5.41) is 10.4. The van der Waals surface area contributed by atoms with Crippen LogP contribution in [0.15, 0.2) is 36.4 Å². The molecule has 0 fully saturated rings. The molecule has 16 heavy (non-hydrogen) atoms. The molecule has 1 N–H and O–H groups in total. The van der Waals surface area contributed by atoms with Crippen LogP contribution in [0.25, 0.3) is 10.8 Å². The second kappa shape index (κ2) is 4.02. The minimum absolute atomic E-state index is 0.233. The maximum atomic E-state index is 10.7. The van der Waals surface area contributed by atoms with Gasteiger partial charge in [-0.15, -0.1) is 0 Å². The van der Waals surface area contributed by atoms with Crippen molar-refractivity contribution in [3.63, 3.8) is 0 Å². The van der Waals surface area contributed by atoms with E-state index in [9.17, 15) is 9.59 Å². The van der Waals surface area contributed by atoms with Gasteiger partial charge in [-0.05, 0) is 35.0 Å². The Hall–Kier alpha value is -2.36. The monoisotopic (exact) mass is 216 g/mol. The maximum Gasteiger partial charge on any atom is 0.335 e. The standard InChI is InChI=1S/C12H8O4/c13-7-16-11-4-3-8-5-10(12(14)15)2-1-9(8)6-11/h1-7H,(H,14,15). The molecule has 0 spiro atoms. The van der Waals surface area contributed by atoms with Gasteiger partial charge in [-0.1, -0.05) is 12.1 Å². The van der Waals surface area contributed by atoms with Crippen LogP contribution in [0.3, 0.4) is 0 Å². The maximum absolute atomic E-state index is 10.7. The molecule has 0 atom stereocenters. The number of carbonyl (C=O) groups is 2. The lowest BCUT2D eigenvalue weighted by Crippen LogP contribution is -1.95. The zero-order valence-electron chi connectivity index (χ0n) is 8.21. The Bertz CT molecular complexity index is 560. The molecule has 0 aliphatic rings. The van der Waals surface area contributed by atoms with Crippen LogP contribution < -0.4 is 4.74 Å². The smallest absolute Gasteiger partial charge is 0.335 e. The highest BCUT2D eigenvalue weighted by molar-refractivity contribution is 5.94. The summed E-state index contributed by atoms with van der Waals surface area (Å²) in [5.74, 6) is -0.527. The van der Waals surface area contributed by atoms with Crippen molar-refractivity contribution in [3.8, 4) is 5.75 Å². The molecule has 0 radical (unpaired) electrons. The van der Waals surface area contributed by atoms with Crippen LogP contribution in [0.2, 0.25) is 0 Å². The Kier molecular flexibility index (Phi) is 2.55. The molecule has 2 aromatic carbocycles. The number of aromatic carboxylic acids is 1. The van der Waals surface area contributed by atoms with Crippen molar-refractivity contribution in [1.82, 2.24) is 0 Å². The number of carboxylic acid groups (broad SMARTS) is 1. The summed E-state index contributed by atoms with van der Waals surface area (Å²) >= 11 is 0. The SMILES string of the molecule is O=COc1ccc2cc(C(=O)O)ccc2c1. The van der Waals surface area contributed by atoms with E-state index in [1.165, 1.54) is 6.07 Å². The lowest BCUT2D eigenvalue weighted by atomic mass is 10.1. The third kappa shape index (κ3) is 1.86. The first-order valence-corrected chi connectivity index (χ1v) is 4.58. The number of benzene rings is 2. The minimum Gasteiger partial charge on any atom is -0.478 e. The van der Waals surface area contributed by atoms with Gasteiger partial charge in [0.1, 0.15) is 5.75 Å². The van der Waals surface area contributed by atoms with Crippen molar-refractivity contribution >= 4 is 23.2 Å². The summed E-state index contributed by atoms with van der Waals surface area (Å²) in [5.41, 5.74) is 0.233. The fraction of sp³-hybridized carbons (Fsp3) is 0. The molecule has 4 heteroatoms. The third-order valence-corrected chi connectivity index (χ3v) is 2.24. The highest BCUT2D eigenvalue weighted by Crippen LogP contribution is 2.21. The van der Waals surface area contributed by atoms with Crippen LogP contribution >= 0.6 is 0 Å². The van der Waals surface area contributed by atoms with Crippen LogP contribution in [-0.2, 0) is 4.79 Å². The van der Waals surface area contributed by atoms with E-state index in [1.807, 2.05) is 0 Å². The second-order valence-corrected chi connectivity index (χ2v) is 3.24. The highest BCUT2D eigenvalue weighted by Gasteiger charge is 2.04. The van der Waals surface area contributed by atoms with Gasteiger partial charge < -0.3 is 9.84 Å². The minimum atomic E-state index is -0.963. The normalized spacial score (nSPS) is 10.0. The summed E-state index contributed by atoms with van der Waals surface area (Å²) in [7, 11) is 0. The lowest BCUT2D eigenvalue weighted by Gasteiger charge is -2.02. The van der Waals surface area contributed by atoms with Crippen molar-refractivity contribution in [1.29, 1.82) is 0 Å². The van der Waals surface area contributed by atoms with Crippen LogP contribution in [0, 0.1) is 0 Å². The first kappa shape index (κ1) is 10.2. The molecule has 0 aliphatic heterocycles. The number of hydrogen-bond donors (Lipinski definition) is 1. The molecule has 0 aromatic heterocycles. The van der Waals surface area contributed by atoms with E-state index in [0.717, 1.165) is 10.8 Å². The van der Waals surface area contributed by atoms with Gasteiger partial charge in [-0.2, -0.15) is 0 Å². The fourth-order valence-corrected chi connectivity index (χ4v) is 1.49. The van der Waals surface area contributed by atoms with Crippen molar-refractivity contribution in [2.24, 2.45) is 0 Å². The van der Waals surface area contributed by atoms with Gasteiger partial charge in [0.15, 0.2) is 0 Å². The first-order valence-electron chi connectivity index (χ1n) is 4.58. The summed E-state index contributed by atoms with van der Waals surface area (Å²) in [6.07, 6.45) is 0. The summed E-state index contributed by atoms with van der Waals surface area (Å²) in [6, 6.07) is 9.76. The number of hydrogen-bond acceptors (Lipinski definition) is 3. The van der Waals surface area contributed by atoms with Crippen molar-refractivity contribution < 1.29 is 19.4 Å². The molecular formula is C12H8O4. The van der Waals surface area contributed by atoms with Gasteiger partial charge >= 0.3 is 5.97 Å². The van der Waals surface area contributed by atoms with Crippen LogP contribution in [0.5, 0.6) is 5.75 Å². The van der Waals surface area contributed by atoms with Gasteiger partial charge in [-0.25, -0.2) is 4.79 Å². The van der Waals surface area contributed by atoms with E-state index in [1.54, 1.807) is 30.3 Å². The molecule has 2 aromatic rings. The predicted octanol–water partition coefficient (Wildman–Crippen LogP) is 2.07. The number of carbonyl (C=O) groups excluding carboxylic acids is 1. The molecular weight excluding hydrogens is 208 g/mol. The third-order valence-electron chi connectivity index (χ3n) is 2.24. The average Bonchev–Trinajstić information content (AvgIpc) is 2.28. The number of carboxylic acids is 1. The topological polar surface area (TPSA) is 63.6 Å². The first-order chi connectivity index (χ1) is 7.70. The van der Waals surface area contributed by atoms with Gasteiger partial charge in [-0.3, -0.25) is 4.79 Å². The number of fused-ring (bicyclic) bond motifs is 1. The van der Waals surface area contributed by atoms with Crippen LogP contribution in [0.1, 0.15) is 10.4 Å². The van der Waals surface area contributed by atoms with Crippen molar-refractivity contribution in [3.05, 3.63) is 42.0 Å². The Labute approximate surface area is 91.1 Å². The van der Waals surface area contributed by atoms with Crippen molar-refractivity contribution in [2.45, 2.75) is 0 Å². The molecule has 0 amide bonds. The predicted molar refractivity (Wildman–Crippen MR) is 57.6 cm³/mol. The van der Waals surface area contributed by atoms with Gasteiger partial charge in [0, 0.05) is 0 Å². The molecule has 0 saturated carbocycles. The Morgan fingerprint density at radius 2 is 1.81 bits per heavy atom. The zero-order valence-corrected chi connectivity index (χ0v) is 8.21. The molecule has 2 rings (SSSR count). The molecule has 80 valence electrons. The molecule has 0 unspecified atom stereocenters. The summed E-state index contributed by atoms with van der Waals surface area (Å²) < 4.78 is 4.69. The van der Waals surface area contributed by atoms with E-state index in [0.29, 0.717) is 12.2 Å². The summed E-state index contributed by atoms with van der Waals surface area (Å²) in [6.45, 7) is 0.354. The second-order valence-electron chi connectivity index (χ2n) is 3.24. The Morgan fingerprint density at radius 1 is 1.12 bits per heavy atom. The molecule has 0 heterocycles. The van der Waals surface area contributed by atoms with Gasteiger partial charge in [0.25, 0.3) is 6.47 Å². The number of ether oxygens (including phenoxy) is 1. The molecule has 0 bridgehead atoms. The molecule has 0 saturated heterocycles. The van der Waals surface area contributed by atoms with E-state index in [2.05, 4.69) is 0 Å². The Morgan fingerprint density at radius 3 is 2.50 bits per heavy atom. The Balaban J connectivity index is 2.52.